The number of nitrogens with one attached hydrogen (secondary N) is 1. The van der Waals surface area contributed by atoms with E-state index in [-0.39, 0.29) is 31.3 Å². The number of amides is 1. The van der Waals surface area contributed by atoms with Crippen molar-refractivity contribution in [3.05, 3.63) is 95.1 Å². The third-order valence-electron chi connectivity index (χ3n) is 6.56. The van der Waals surface area contributed by atoms with Gasteiger partial charge in [0.15, 0.2) is 6.29 Å². The van der Waals surface area contributed by atoms with Gasteiger partial charge in [0.25, 0.3) is 9.70 Å². The molecule has 0 bridgehead atoms. The maximum absolute atomic E-state index is 11.9. The van der Waals surface area contributed by atoms with E-state index in [9.17, 15) is 9.90 Å². The fourth-order valence-electron chi connectivity index (χ4n) is 4.29. The van der Waals surface area contributed by atoms with Crippen molar-refractivity contribution in [2.75, 3.05) is 12.9 Å². The van der Waals surface area contributed by atoms with Crippen LogP contribution in [0.4, 0.5) is 0 Å². The molecule has 0 aliphatic carbocycles. The van der Waals surface area contributed by atoms with Gasteiger partial charge >= 0.3 is 0 Å². The Kier molecular flexibility index (Phi) is 10.5. The third-order valence-corrected chi connectivity index (χ3v) is 8.22. The number of carbonyl (C=O) groups excluding carboxylic acids is 1. The lowest BCUT2D eigenvalue weighted by atomic mass is 9.91. The summed E-state index contributed by atoms with van der Waals surface area (Å²) in [6.45, 7) is 2.33. The fraction of sp³-hybridized carbons (Fsp3) is 0.345. The maximum Gasteiger partial charge on any atom is 0.272 e. The Morgan fingerprint density at radius 1 is 0.974 bits per heavy atom. The zero-order valence-electron chi connectivity index (χ0n) is 21.5. The number of hydrogen-bond acceptors (Lipinski definition) is 6. The quantitative estimate of drug-likeness (QED) is 0.206. The van der Waals surface area contributed by atoms with Crippen molar-refractivity contribution in [3.63, 3.8) is 0 Å². The Morgan fingerprint density at radius 3 is 2.26 bits per heavy atom. The molecule has 208 valence electrons. The van der Waals surface area contributed by atoms with Crippen molar-refractivity contribution in [3.8, 4) is 5.75 Å². The van der Waals surface area contributed by atoms with Gasteiger partial charge in [0.1, 0.15) is 5.75 Å². The van der Waals surface area contributed by atoms with E-state index in [1.165, 1.54) is 0 Å². The molecule has 1 amide bonds. The highest BCUT2D eigenvalue weighted by atomic mass is 35.6. The lowest BCUT2D eigenvalue weighted by molar-refractivity contribution is -0.268. The van der Waals surface area contributed by atoms with Crippen molar-refractivity contribution in [2.24, 2.45) is 5.92 Å². The van der Waals surface area contributed by atoms with Gasteiger partial charge in [-0.1, -0.05) is 102 Å². The molecular weight excluding hydrogens is 581 g/mol. The number of halogens is 3. The maximum atomic E-state index is 11.9. The molecule has 4 atom stereocenters. The second-order valence-corrected chi connectivity index (χ2v) is 12.5. The Bertz CT molecular complexity index is 1240. The van der Waals surface area contributed by atoms with Crippen LogP contribution in [0.2, 0.25) is 0 Å². The van der Waals surface area contributed by atoms with Gasteiger partial charge in [0, 0.05) is 28.7 Å². The molecular formula is C29H30Cl3NO5S. The number of benzene rings is 3. The summed E-state index contributed by atoms with van der Waals surface area (Å²) >= 11 is 18.6. The van der Waals surface area contributed by atoms with Crippen LogP contribution in [0.5, 0.6) is 5.75 Å². The average molecular weight is 611 g/mol. The number of ether oxygens (including phenoxy) is 3. The minimum Gasteiger partial charge on any atom is -0.496 e. The summed E-state index contributed by atoms with van der Waals surface area (Å²) in [7, 11) is 1.67. The lowest BCUT2D eigenvalue weighted by Gasteiger charge is -2.41. The second-order valence-electron chi connectivity index (χ2n) is 9.21. The van der Waals surface area contributed by atoms with Crippen LogP contribution in [0.1, 0.15) is 41.6 Å². The largest absolute Gasteiger partial charge is 0.496 e. The van der Waals surface area contributed by atoms with Gasteiger partial charge in [0.2, 0.25) is 0 Å². The van der Waals surface area contributed by atoms with Gasteiger partial charge in [-0.05, 0) is 28.8 Å². The van der Waals surface area contributed by atoms with Crippen molar-refractivity contribution in [2.45, 2.75) is 47.3 Å². The van der Waals surface area contributed by atoms with Crippen molar-refractivity contribution in [1.82, 2.24) is 5.32 Å². The second kappa shape index (κ2) is 13.6. The Hall–Kier alpha value is -1.97. The van der Waals surface area contributed by atoms with Gasteiger partial charge in [-0.15, -0.1) is 11.8 Å². The molecule has 0 unspecified atom stereocenters. The van der Waals surface area contributed by atoms with Crippen LogP contribution >= 0.6 is 46.6 Å². The first kappa shape index (κ1) is 30.0. The normalized spacial score (nSPS) is 21.4. The standard InChI is InChI=1S/C29H30Cl3NO5S/c1-18-24(17-39-25-6-4-3-5-23(25)36-2)37-27(38-26(18)21-11-9-20(16-34)10-12-21)22-13-7-19(8-14-22)15-33-28(35)29(30,31)32/h3-14,18,24,26-27,34H,15-17H2,1-2H3,(H,33,35)/t18-,24+,26+,27+/m0/s1. The van der Waals surface area contributed by atoms with E-state index in [1.54, 1.807) is 18.9 Å². The number of alkyl halides is 3. The molecule has 1 heterocycles. The van der Waals surface area contributed by atoms with Crippen LogP contribution in [-0.4, -0.2) is 33.8 Å². The van der Waals surface area contributed by atoms with Crippen molar-refractivity contribution >= 4 is 52.5 Å². The summed E-state index contributed by atoms with van der Waals surface area (Å²) in [4.78, 5) is 12.9. The summed E-state index contributed by atoms with van der Waals surface area (Å²) in [6.07, 6.45) is -0.941. The van der Waals surface area contributed by atoms with E-state index >= 15 is 0 Å². The molecule has 10 heteroatoms. The first-order valence-electron chi connectivity index (χ1n) is 12.4. The molecule has 2 N–H and O–H groups in total. The summed E-state index contributed by atoms with van der Waals surface area (Å²) in [5.41, 5.74) is 3.55. The molecule has 0 spiro atoms. The zero-order chi connectivity index (χ0) is 28.0. The van der Waals surface area contributed by atoms with Crippen LogP contribution in [0.3, 0.4) is 0 Å². The molecule has 1 fully saturated rings. The summed E-state index contributed by atoms with van der Waals surface area (Å²) in [6, 6.07) is 23.3. The van der Waals surface area contributed by atoms with E-state index in [1.807, 2.05) is 72.8 Å². The molecule has 3 aromatic carbocycles. The minimum atomic E-state index is -2.01. The van der Waals surface area contributed by atoms with E-state index in [0.717, 1.165) is 32.9 Å². The molecule has 0 radical (unpaired) electrons. The molecule has 6 nitrogen and oxygen atoms in total. The summed E-state index contributed by atoms with van der Waals surface area (Å²) < 4.78 is 16.5. The highest BCUT2D eigenvalue weighted by molar-refractivity contribution is 7.99. The number of aliphatic hydroxyl groups excluding tert-OH is 1. The number of methoxy groups -OCH3 is 1. The smallest absolute Gasteiger partial charge is 0.272 e. The van der Waals surface area contributed by atoms with Gasteiger partial charge < -0.3 is 24.6 Å². The molecule has 1 aliphatic rings. The van der Waals surface area contributed by atoms with Gasteiger partial charge in [-0.2, -0.15) is 0 Å². The van der Waals surface area contributed by atoms with E-state index in [4.69, 9.17) is 49.0 Å². The molecule has 1 aliphatic heterocycles. The summed E-state index contributed by atoms with van der Waals surface area (Å²) in [5, 5.41) is 12.1. The number of hydrogen-bond donors (Lipinski definition) is 2. The Morgan fingerprint density at radius 2 is 1.62 bits per heavy atom. The lowest BCUT2D eigenvalue weighted by Crippen LogP contribution is -2.38. The van der Waals surface area contributed by atoms with Crippen LogP contribution in [0.15, 0.2) is 77.7 Å². The Labute approximate surface area is 247 Å². The van der Waals surface area contributed by atoms with E-state index in [2.05, 4.69) is 12.2 Å². The number of thioether (sulfide) groups is 1. The third kappa shape index (κ3) is 7.82. The van der Waals surface area contributed by atoms with Crippen LogP contribution in [-0.2, 0) is 27.4 Å². The molecule has 0 aromatic heterocycles. The number of carbonyl (C=O) groups is 1. The number of para-hydroxylation sites is 1. The van der Waals surface area contributed by atoms with Gasteiger partial charge in [-0.25, -0.2) is 0 Å². The molecule has 3 aromatic rings. The predicted octanol–water partition coefficient (Wildman–Crippen LogP) is 6.76. The van der Waals surface area contributed by atoms with Gasteiger partial charge in [0.05, 0.1) is 25.9 Å². The fourth-order valence-corrected chi connectivity index (χ4v) is 5.69. The number of rotatable bonds is 9. The topological polar surface area (TPSA) is 77.0 Å². The average Bonchev–Trinajstić information content (AvgIpc) is 2.95. The monoisotopic (exact) mass is 609 g/mol. The highest BCUT2D eigenvalue weighted by Gasteiger charge is 2.38. The molecule has 0 saturated carbocycles. The zero-order valence-corrected chi connectivity index (χ0v) is 24.6. The molecule has 39 heavy (non-hydrogen) atoms. The highest BCUT2D eigenvalue weighted by Crippen LogP contribution is 2.43. The number of aliphatic hydroxyl groups is 1. The van der Waals surface area contributed by atoms with Crippen molar-refractivity contribution in [1.29, 1.82) is 0 Å². The first-order chi connectivity index (χ1) is 18.7. The molecule has 4 rings (SSSR count). The summed E-state index contributed by atoms with van der Waals surface area (Å²) in [5.74, 6) is 0.899. The van der Waals surface area contributed by atoms with Crippen LogP contribution < -0.4 is 10.1 Å². The van der Waals surface area contributed by atoms with Crippen LogP contribution in [0, 0.1) is 5.92 Å². The van der Waals surface area contributed by atoms with Gasteiger partial charge in [-0.3, -0.25) is 4.79 Å². The van der Waals surface area contributed by atoms with Crippen molar-refractivity contribution < 1.29 is 24.1 Å². The Balaban J connectivity index is 1.53. The SMILES string of the molecule is COc1ccccc1SC[C@H]1O[C@@H](c2ccc(CNC(=O)C(Cl)(Cl)Cl)cc2)O[C@@H](c2ccc(CO)cc2)[C@H]1C. The molecule has 1 saturated heterocycles. The first-order valence-corrected chi connectivity index (χ1v) is 14.5. The predicted molar refractivity (Wildman–Crippen MR) is 155 cm³/mol. The van der Waals surface area contributed by atoms with Crippen LogP contribution in [0.25, 0.3) is 0 Å². The minimum absolute atomic E-state index is 0.0142. The van der Waals surface area contributed by atoms with E-state index < -0.39 is 16.0 Å². The van der Waals surface area contributed by atoms with E-state index in [0.29, 0.717) is 5.75 Å².